The van der Waals surface area contributed by atoms with E-state index in [1.807, 2.05) is 50.2 Å². The molecule has 2 aromatic rings. The fraction of sp³-hybridized carbons (Fsp3) is 0.423. The molecule has 0 spiro atoms. The van der Waals surface area contributed by atoms with Gasteiger partial charge in [-0.05, 0) is 58.4 Å². The third-order valence-electron chi connectivity index (χ3n) is 5.62. The minimum Gasteiger partial charge on any atom is -0.480 e. The van der Waals surface area contributed by atoms with Crippen LogP contribution in [-0.4, -0.2) is 51.3 Å². The van der Waals surface area contributed by atoms with Crippen LogP contribution in [0.25, 0.3) is 0 Å². The van der Waals surface area contributed by atoms with E-state index in [1.54, 1.807) is 32.9 Å². The summed E-state index contributed by atoms with van der Waals surface area (Å²) in [5, 5.41) is 9.86. The minimum atomic E-state index is -1.12. The van der Waals surface area contributed by atoms with Crippen molar-refractivity contribution in [2.24, 2.45) is 5.92 Å². The molecule has 3 atom stereocenters. The number of aryl methyl sites for hydroxylation is 2. The maximum absolute atomic E-state index is 13.4. The largest absolute Gasteiger partial charge is 0.480 e. The van der Waals surface area contributed by atoms with Gasteiger partial charge in [-0.1, -0.05) is 35.9 Å². The number of carbonyl (C=O) groups excluding carboxylic acids is 2. The van der Waals surface area contributed by atoms with Crippen molar-refractivity contribution in [2.45, 2.75) is 62.8 Å². The summed E-state index contributed by atoms with van der Waals surface area (Å²) in [5.74, 6) is -2.49. The standard InChI is InChI=1S/C26H31NO5S/c1-16-10-12-18(13-11-16)33-21-15-27(24(29)19-9-7-6-8-17(19)2)23(25(30)31)20(21)14-22(28)32-26(3,4)5/h6-13,20-21,23H,14-15H2,1-5H3,(H,30,31)/t20-,21-,23-/m0/s1. The Bertz CT molecular complexity index is 1030. The Hall–Kier alpha value is -2.80. The average molecular weight is 470 g/mol. The molecular formula is C26H31NO5S. The zero-order chi connectivity index (χ0) is 24.3. The van der Waals surface area contributed by atoms with Gasteiger partial charge in [-0.15, -0.1) is 11.8 Å². The van der Waals surface area contributed by atoms with Gasteiger partial charge in [-0.2, -0.15) is 0 Å². The van der Waals surface area contributed by atoms with Crippen molar-refractivity contribution in [3.63, 3.8) is 0 Å². The molecule has 1 amide bonds. The number of nitrogens with zero attached hydrogens (tertiary/aromatic N) is 1. The smallest absolute Gasteiger partial charge is 0.326 e. The number of esters is 1. The Morgan fingerprint density at radius 3 is 2.27 bits per heavy atom. The number of carbonyl (C=O) groups is 3. The molecule has 0 bridgehead atoms. The summed E-state index contributed by atoms with van der Waals surface area (Å²) in [7, 11) is 0. The zero-order valence-electron chi connectivity index (χ0n) is 19.7. The summed E-state index contributed by atoms with van der Waals surface area (Å²) in [6.45, 7) is 9.40. The number of hydrogen-bond donors (Lipinski definition) is 1. The number of hydrogen-bond acceptors (Lipinski definition) is 5. The van der Waals surface area contributed by atoms with E-state index in [4.69, 9.17) is 4.74 Å². The number of likely N-dealkylation sites (tertiary alicyclic amines) is 1. The summed E-state index contributed by atoms with van der Waals surface area (Å²) in [6, 6.07) is 14.0. The van der Waals surface area contributed by atoms with Crippen LogP contribution in [-0.2, 0) is 14.3 Å². The van der Waals surface area contributed by atoms with Crippen molar-refractivity contribution < 1.29 is 24.2 Å². The summed E-state index contributed by atoms with van der Waals surface area (Å²) in [4.78, 5) is 40.9. The highest BCUT2D eigenvalue weighted by Crippen LogP contribution is 2.40. The number of benzene rings is 2. The molecule has 7 heteroatoms. The molecule has 1 heterocycles. The summed E-state index contributed by atoms with van der Waals surface area (Å²) >= 11 is 1.50. The Kier molecular flexibility index (Phi) is 7.52. The Labute approximate surface area is 199 Å². The van der Waals surface area contributed by atoms with Crippen LogP contribution >= 0.6 is 11.8 Å². The molecule has 1 fully saturated rings. The first-order chi connectivity index (χ1) is 15.5. The number of rotatable bonds is 6. The van der Waals surface area contributed by atoms with Gasteiger partial charge in [0.15, 0.2) is 0 Å². The molecule has 3 rings (SSSR count). The van der Waals surface area contributed by atoms with Crippen molar-refractivity contribution in [1.29, 1.82) is 0 Å². The lowest BCUT2D eigenvalue weighted by Gasteiger charge is -2.26. The highest BCUT2D eigenvalue weighted by molar-refractivity contribution is 8.00. The third-order valence-corrected chi connectivity index (χ3v) is 6.96. The number of carboxylic acids is 1. The minimum absolute atomic E-state index is 0.0741. The van der Waals surface area contributed by atoms with E-state index in [2.05, 4.69) is 0 Å². The lowest BCUT2D eigenvalue weighted by Crippen LogP contribution is -2.44. The van der Waals surface area contributed by atoms with Crippen LogP contribution in [0.15, 0.2) is 53.4 Å². The maximum atomic E-state index is 13.4. The number of aliphatic carboxylic acids is 1. The van der Waals surface area contributed by atoms with Crippen LogP contribution in [0, 0.1) is 19.8 Å². The van der Waals surface area contributed by atoms with Gasteiger partial charge in [-0.25, -0.2) is 4.79 Å². The predicted molar refractivity (Wildman–Crippen MR) is 128 cm³/mol. The Morgan fingerprint density at radius 1 is 1.06 bits per heavy atom. The van der Waals surface area contributed by atoms with Gasteiger partial charge in [0.05, 0.1) is 6.42 Å². The van der Waals surface area contributed by atoms with E-state index in [1.165, 1.54) is 16.7 Å². The van der Waals surface area contributed by atoms with Crippen molar-refractivity contribution in [3.8, 4) is 0 Å². The monoisotopic (exact) mass is 469 g/mol. The van der Waals surface area contributed by atoms with Crippen molar-refractivity contribution in [2.75, 3.05) is 6.54 Å². The summed E-state index contributed by atoms with van der Waals surface area (Å²) < 4.78 is 5.50. The molecule has 176 valence electrons. The molecule has 33 heavy (non-hydrogen) atoms. The van der Waals surface area contributed by atoms with E-state index >= 15 is 0 Å². The Balaban J connectivity index is 1.95. The zero-order valence-corrected chi connectivity index (χ0v) is 20.5. The maximum Gasteiger partial charge on any atom is 0.326 e. The van der Waals surface area contributed by atoms with Gasteiger partial charge in [-0.3, -0.25) is 9.59 Å². The molecule has 0 aromatic heterocycles. The van der Waals surface area contributed by atoms with Crippen molar-refractivity contribution in [3.05, 3.63) is 65.2 Å². The molecule has 1 saturated heterocycles. The van der Waals surface area contributed by atoms with Crippen molar-refractivity contribution in [1.82, 2.24) is 4.90 Å². The highest BCUT2D eigenvalue weighted by Gasteiger charge is 2.49. The highest BCUT2D eigenvalue weighted by atomic mass is 32.2. The van der Waals surface area contributed by atoms with Crippen LogP contribution in [0.1, 0.15) is 48.7 Å². The molecule has 1 N–H and O–H groups in total. The first-order valence-electron chi connectivity index (χ1n) is 11.0. The molecule has 0 saturated carbocycles. The lowest BCUT2D eigenvalue weighted by molar-refractivity contribution is -0.156. The van der Waals surface area contributed by atoms with E-state index in [9.17, 15) is 19.5 Å². The number of ether oxygens (including phenoxy) is 1. The quantitative estimate of drug-likeness (QED) is 0.616. The molecule has 0 aliphatic carbocycles. The first kappa shape index (κ1) is 24.8. The van der Waals surface area contributed by atoms with Gasteiger partial charge in [0.25, 0.3) is 5.91 Å². The van der Waals surface area contributed by atoms with Gasteiger partial charge < -0.3 is 14.7 Å². The predicted octanol–water partition coefficient (Wildman–Crippen LogP) is 4.72. The van der Waals surface area contributed by atoms with Gasteiger partial charge >= 0.3 is 11.9 Å². The van der Waals surface area contributed by atoms with Crippen LogP contribution in [0.4, 0.5) is 0 Å². The number of carboxylic acid groups (broad SMARTS) is 1. The Morgan fingerprint density at radius 2 is 1.70 bits per heavy atom. The first-order valence-corrected chi connectivity index (χ1v) is 11.9. The molecule has 2 aromatic carbocycles. The second kappa shape index (κ2) is 10.00. The second-order valence-electron chi connectivity index (χ2n) is 9.48. The molecule has 6 nitrogen and oxygen atoms in total. The molecule has 0 radical (unpaired) electrons. The topological polar surface area (TPSA) is 83.9 Å². The van der Waals surface area contributed by atoms with Crippen LogP contribution in [0.2, 0.25) is 0 Å². The molecule has 1 aliphatic rings. The van der Waals surface area contributed by atoms with E-state index in [-0.39, 0.29) is 24.1 Å². The van der Waals surface area contributed by atoms with E-state index in [0.29, 0.717) is 5.56 Å². The normalized spacial score (nSPS) is 20.5. The van der Waals surface area contributed by atoms with Gasteiger partial charge in [0.2, 0.25) is 0 Å². The SMILES string of the molecule is Cc1ccc(S[C@H]2CN(C(=O)c3ccccc3C)[C@H](C(=O)O)[C@H]2CC(=O)OC(C)(C)C)cc1. The number of amides is 1. The average Bonchev–Trinajstić information content (AvgIpc) is 3.06. The van der Waals surface area contributed by atoms with Crippen LogP contribution in [0.5, 0.6) is 0 Å². The lowest BCUT2D eigenvalue weighted by atomic mass is 9.95. The van der Waals surface area contributed by atoms with Crippen LogP contribution in [0.3, 0.4) is 0 Å². The van der Waals surface area contributed by atoms with Gasteiger partial charge in [0.1, 0.15) is 11.6 Å². The summed E-state index contributed by atoms with van der Waals surface area (Å²) in [6.07, 6.45) is -0.0741. The van der Waals surface area contributed by atoms with Crippen LogP contribution < -0.4 is 0 Å². The molecule has 1 aliphatic heterocycles. The fourth-order valence-electron chi connectivity index (χ4n) is 4.11. The van der Waals surface area contributed by atoms with Gasteiger partial charge in [0, 0.05) is 28.2 Å². The summed E-state index contributed by atoms with van der Waals surface area (Å²) in [5.41, 5.74) is 1.70. The van der Waals surface area contributed by atoms with E-state index < -0.39 is 29.5 Å². The molecular weight excluding hydrogens is 438 g/mol. The molecule has 0 unspecified atom stereocenters. The number of thioether (sulfide) groups is 1. The third kappa shape index (κ3) is 6.16. The fourth-order valence-corrected chi connectivity index (χ4v) is 5.40. The second-order valence-corrected chi connectivity index (χ2v) is 10.8. The van der Waals surface area contributed by atoms with E-state index in [0.717, 1.165) is 16.0 Å². The van der Waals surface area contributed by atoms with Crippen molar-refractivity contribution >= 4 is 29.6 Å².